The van der Waals surface area contributed by atoms with Crippen LogP contribution in [0.25, 0.3) is 0 Å². The molecule has 1 unspecified atom stereocenters. The number of aliphatic carboxylic acids is 1. The molecule has 1 saturated carbocycles. The monoisotopic (exact) mass is 283 g/mol. The fourth-order valence-electron chi connectivity index (χ4n) is 3.01. The normalized spacial score (nSPS) is 25.2. The zero-order valence-electron chi connectivity index (χ0n) is 11.4. The molecule has 2 fully saturated rings. The molecule has 20 heavy (non-hydrogen) atoms. The van der Waals surface area contributed by atoms with E-state index in [1.54, 1.807) is 0 Å². The van der Waals surface area contributed by atoms with E-state index in [2.05, 4.69) is 5.32 Å². The fourth-order valence-corrected chi connectivity index (χ4v) is 3.01. The zero-order chi connectivity index (χ0) is 14.8. The molecule has 0 spiro atoms. The summed E-state index contributed by atoms with van der Waals surface area (Å²) in [6.07, 6.45) is 4.07. The Morgan fingerprint density at radius 2 is 1.85 bits per heavy atom. The van der Waals surface area contributed by atoms with E-state index in [1.807, 2.05) is 0 Å². The van der Waals surface area contributed by atoms with E-state index in [-0.39, 0.29) is 12.5 Å². The van der Waals surface area contributed by atoms with E-state index in [9.17, 15) is 19.5 Å². The Morgan fingerprint density at radius 1 is 1.20 bits per heavy atom. The van der Waals surface area contributed by atoms with Crippen molar-refractivity contribution in [3.8, 4) is 0 Å². The third kappa shape index (κ3) is 2.86. The maximum atomic E-state index is 12.2. The lowest BCUT2D eigenvalue weighted by atomic mass is 9.82. The lowest BCUT2D eigenvalue weighted by Crippen LogP contribution is -2.58. The van der Waals surface area contributed by atoms with Crippen molar-refractivity contribution in [3.63, 3.8) is 0 Å². The minimum absolute atomic E-state index is 0.275. The predicted octanol–water partition coefficient (Wildman–Crippen LogP) is 0.291. The van der Waals surface area contributed by atoms with E-state index in [1.165, 1.54) is 4.90 Å². The van der Waals surface area contributed by atoms with Gasteiger partial charge >= 0.3 is 12.0 Å². The molecule has 0 aromatic heterocycles. The van der Waals surface area contributed by atoms with Gasteiger partial charge in [-0.05, 0) is 19.3 Å². The second kappa shape index (κ2) is 5.68. The average molecular weight is 283 g/mol. The van der Waals surface area contributed by atoms with Gasteiger partial charge in [-0.1, -0.05) is 19.3 Å². The van der Waals surface area contributed by atoms with Crippen molar-refractivity contribution in [1.82, 2.24) is 10.2 Å². The van der Waals surface area contributed by atoms with Crippen molar-refractivity contribution in [3.05, 3.63) is 0 Å². The number of amides is 3. The van der Waals surface area contributed by atoms with E-state index < -0.39 is 23.4 Å². The fraction of sp³-hybridized carbons (Fsp3) is 0.769. The minimum atomic E-state index is -1.15. The Kier molecular flexibility index (Phi) is 4.15. The molecular formula is C13H21N3O4. The summed E-state index contributed by atoms with van der Waals surface area (Å²) >= 11 is 0. The smallest absolute Gasteiger partial charge is 0.329 e. The van der Waals surface area contributed by atoms with Crippen molar-refractivity contribution >= 4 is 17.9 Å². The highest BCUT2D eigenvalue weighted by Gasteiger charge is 2.42. The summed E-state index contributed by atoms with van der Waals surface area (Å²) in [5.41, 5.74) is 4.07. The molecule has 0 aromatic carbocycles. The molecule has 4 N–H and O–H groups in total. The predicted molar refractivity (Wildman–Crippen MR) is 70.9 cm³/mol. The third-order valence-electron chi connectivity index (χ3n) is 4.34. The van der Waals surface area contributed by atoms with Gasteiger partial charge in [0, 0.05) is 13.1 Å². The number of carboxylic acids is 1. The van der Waals surface area contributed by atoms with Crippen LogP contribution in [0.2, 0.25) is 0 Å². The van der Waals surface area contributed by atoms with Crippen molar-refractivity contribution < 1.29 is 19.5 Å². The van der Waals surface area contributed by atoms with Crippen LogP contribution in [0.4, 0.5) is 4.79 Å². The topological polar surface area (TPSA) is 113 Å². The molecule has 3 amide bonds. The van der Waals surface area contributed by atoms with Crippen LogP contribution in [-0.4, -0.2) is 46.5 Å². The minimum Gasteiger partial charge on any atom is -0.480 e. The molecule has 2 aliphatic rings. The number of nitrogens with two attached hydrogens (primary N) is 1. The second-order valence-corrected chi connectivity index (χ2v) is 5.71. The standard InChI is InChI=1S/C13H21N3O4/c14-10(17)9-4-7-16(8-9)12(20)15-13(11(18)19)5-2-1-3-6-13/h9H,1-8H2,(H2,14,17)(H,15,20)(H,18,19). The van der Waals surface area contributed by atoms with E-state index in [4.69, 9.17) is 5.73 Å². The van der Waals surface area contributed by atoms with E-state index >= 15 is 0 Å². The Hall–Kier alpha value is -1.79. The molecule has 1 aliphatic heterocycles. The second-order valence-electron chi connectivity index (χ2n) is 5.71. The number of carbonyl (C=O) groups is 3. The molecule has 7 nitrogen and oxygen atoms in total. The van der Waals surface area contributed by atoms with Crippen molar-refractivity contribution in [2.45, 2.75) is 44.1 Å². The van der Waals surface area contributed by atoms with Gasteiger partial charge in [-0.3, -0.25) is 4.79 Å². The number of primary amides is 1. The van der Waals surface area contributed by atoms with Gasteiger partial charge in [0.05, 0.1) is 5.92 Å². The first-order valence-corrected chi connectivity index (χ1v) is 7.04. The molecule has 0 bridgehead atoms. The average Bonchev–Trinajstić information content (AvgIpc) is 2.89. The molecule has 1 saturated heterocycles. The number of hydrogen-bond donors (Lipinski definition) is 3. The summed E-state index contributed by atoms with van der Waals surface area (Å²) in [5, 5.41) is 12.1. The highest BCUT2D eigenvalue weighted by atomic mass is 16.4. The first-order valence-electron chi connectivity index (χ1n) is 7.04. The SMILES string of the molecule is NC(=O)C1CCN(C(=O)NC2(C(=O)O)CCCCC2)C1. The Balaban J connectivity index is 1.99. The van der Waals surface area contributed by atoms with Gasteiger partial charge in [0.15, 0.2) is 0 Å². The van der Waals surface area contributed by atoms with Gasteiger partial charge in [0.2, 0.25) is 5.91 Å². The number of nitrogens with one attached hydrogen (secondary N) is 1. The molecule has 2 rings (SSSR count). The van der Waals surface area contributed by atoms with Gasteiger partial charge in [0.25, 0.3) is 0 Å². The number of rotatable bonds is 3. The number of carboxylic acid groups (broad SMARTS) is 1. The van der Waals surface area contributed by atoms with Crippen LogP contribution in [0.3, 0.4) is 0 Å². The number of likely N-dealkylation sites (tertiary alicyclic amines) is 1. The van der Waals surface area contributed by atoms with Crippen LogP contribution in [0, 0.1) is 5.92 Å². The zero-order valence-corrected chi connectivity index (χ0v) is 11.4. The Labute approximate surface area is 117 Å². The summed E-state index contributed by atoms with van der Waals surface area (Å²) in [4.78, 5) is 36.3. The maximum absolute atomic E-state index is 12.2. The van der Waals surface area contributed by atoms with E-state index in [0.717, 1.165) is 19.3 Å². The summed E-state index contributed by atoms with van der Waals surface area (Å²) in [6, 6.07) is -0.405. The summed E-state index contributed by atoms with van der Waals surface area (Å²) in [7, 11) is 0. The first-order chi connectivity index (χ1) is 9.44. The van der Waals surface area contributed by atoms with Crippen molar-refractivity contribution in [2.24, 2.45) is 11.7 Å². The largest absolute Gasteiger partial charge is 0.480 e. The molecule has 0 aromatic rings. The number of nitrogens with zero attached hydrogens (tertiary/aromatic N) is 1. The number of hydrogen-bond acceptors (Lipinski definition) is 3. The van der Waals surface area contributed by atoms with Gasteiger partial charge < -0.3 is 21.1 Å². The lowest BCUT2D eigenvalue weighted by Gasteiger charge is -2.35. The molecule has 1 atom stereocenters. The molecule has 112 valence electrons. The highest BCUT2D eigenvalue weighted by molar-refractivity contribution is 5.87. The first kappa shape index (κ1) is 14.6. The molecule has 1 heterocycles. The van der Waals surface area contributed by atoms with Crippen LogP contribution >= 0.6 is 0 Å². The lowest BCUT2D eigenvalue weighted by molar-refractivity contribution is -0.146. The number of carbonyl (C=O) groups excluding carboxylic acids is 2. The van der Waals surface area contributed by atoms with Crippen molar-refractivity contribution in [2.75, 3.05) is 13.1 Å². The van der Waals surface area contributed by atoms with Crippen LogP contribution in [0.5, 0.6) is 0 Å². The van der Waals surface area contributed by atoms with Gasteiger partial charge in [-0.15, -0.1) is 0 Å². The van der Waals surface area contributed by atoms with Crippen LogP contribution in [-0.2, 0) is 9.59 Å². The van der Waals surface area contributed by atoms with Gasteiger partial charge in [-0.25, -0.2) is 9.59 Å². The maximum Gasteiger partial charge on any atom is 0.329 e. The summed E-state index contributed by atoms with van der Waals surface area (Å²) < 4.78 is 0. The highest BCUT2D eigenvalue weighted by Crippen LogP contribution is 2.29. The van der Waals surface area contributed by atoms with Crippen LogP contribution in [0.15, 0.2) is 0 Å². The molecule has 1 aliphatic carbocycles. The van der Waals surface area contributed by atoms with Crippen LogP contribution in [0.1, 0.15) is 38.5 Å². The van der Waals surface area contributed by atoms with Gasteiger partial charge in [0.1, 0.15) is 5.54 Å². The van der Waals surface area contributed by atoms with Crippen molar-refractivity contribution in [1.29, 1.82) is 0 Å². The molecular weight excluding hydrogens is 262 g/mol. The Morgan fingerprint density at radius 3 is 2.35 bits per heavy atom. The molecule has 7 heteroatoms. The molecule has 0 radical (unpaired) electrons. The Bertz CT molecular complexity index is 418. The summed E-state index contributed by atoms with van der Waals surface area (Å²) in [6.45, 7) is 0.714. The van der Waals surface area contributed by atoms with Gasteiger partial charge in [-0.2, -0.15) is 0 Å². The van der Waals surface area contributed by atoms with Crippen LogP contribution < -0.4 is 11.1 Å². The third-order valence-corrected chi connectivity index (χ3v) is 4.34. The van der Waals surface area contributed by atoms with E-state index in [0.29, 0.717) is 25.8 Å². The number of urea groups is 1. The summed E-state index contributed by atoms with van der Waals surface area (Å²) in [5.74, 6) is -1.71. The quantitative estimate of drug-likeness (QED) is 0.691.